The molecule has 0 bridgehead atoms. The highest BCUT2D eigenvalue weighted by molar-refractivity contribution is 7.13. The molecule has 2 aromatic heterocycles. The first-order valence-corrected chi connectivity index (χ1v) is 23.4. The third kappa shape index (κ3) is 15.6. The van der Waals surface area contributed by atoms with Crippen molar-refractivity contribution in [1.29, 1.82) is 0 Å². The number of esters is 2. The number of aryl methyl sites for hydroxylation is 2. The Morgan fingerprint density at radius 2 is 1.23 bits per heavy atom. The third-order valence-electron chi connectivity index (χ3n) is 9.65. The fourth-order valence-electron chi connectivity index (χ4n) is 6.54. The van der Waals surface area contributed by atoms with Gasteiger partial charge in [-0.25, -0.2) is 24.2 Å². The van der Waals surface area contributed by atoms with E-state index in [0.717, 1.165) is 0 Å². The Labute approximate surface area is 406 Å². The number of amides is 2. The van der Waals surface area contributed by atoms with Crippen molar-refractivity contribution < 1.29 is 56.8 Å². The normalized spacial score (nSPS) is 12.9. The van der Waals surface area contributed by atoms with Crippen LogP contribution in [0.4, 0.5) is 14.4 Å². The van der Waals surface area contributed by atoms with E-state index in [0.29, 0.717) is 39.6 Å². The van der Waals surface area contributed by atoms with Gasteiger partial charge in [-0.05, 0) is 143 Å². The molecule has 3 aromatic carbocycles. The van der Waals surface area contributed by atoms with Crippen LogP contribution in [-0.4, -0.2) is 58.1 Å². The van der Waals surface area contributed by atoms with Gasteiger partial charge in [0.2, 0.25) is 5.43 Å². The Kier molecular flexibility index (Phi) is 16.4. The summed E-state index contributed by atoms with van der Waals surface area (Å²) in [4.78, 5) is 85.4. The maximum Gasteiger partial charge on any atom is 0.514 e. The number of rotatable bonds is 13. The molecule has 69 heavy (non-hydrogen) atoms. The van der Waals surface area contributed by atoms with Crippen LogP contribution in [0.15, 0.2) is 75.3 Å². The topological polar surface area (TPSA) is 208 Å². The van der Waals surface area contributed by atoms with Crippen LogP contribution in [0.3, 0.4) is 0 Å². The van der Waals surface area contributed by atoms with E-state index in [1.807, 2.05) is 6.92 Å². The molecule has 2 heterocycles. The number of nitrogens with zero attached hydrogens (tertiary/aromatic N) is 1. The van der Waals surface area contributed by atoms with Gasteiger partial charge in [0.1, 0.15) is 56.4 Å². The average Bonchev–Trinajstić information content (AvgIpc) is 3.64. The van der Waals surface area contributed by atoms with Crippen LogP contribution < -0.4 is 30.3 Å². The second-order valence-corrected chi connectivity index (χ2v) is 21.4. The number of nitrogens with one attached hydrogen (secondary N) is 2. The number of ether oxygens (including phenoxy) is 6. The Bertz CT molecular complexity index is 2730. The number of carbonyl (C=O) groups excluding carboxylic acids is 5. The first-order chi connectivity index (χ1) is 32.0. The summed E-state index contributed by atoms with van der Waals surface area (Å²) in [6.45, 7) is 24.2. The monoisotopic (exact) mass is 969 g/mol. The fraction of sp³-hybridized carbons (Fsp3) is 0.442. The van der Waals surface area contributed by atoms with Gasteiger partial charge in [0.05, 0.1) is 22.4 Å². The molecule has 0 aliphatic rings. The highest BCUT2D eigenvalue weighted by atomic mass is 32.1. The van der Waals surface area contributed by atoms with E-state index in [1.165, 1.54) is 29.5 Å². The number of thiazole rings is 1. The Morgan fingerprint density at radius 3 is 1.74 bits per heavy atom. The van der Waals surface area contributed by atoms with Gasteiger partial charge in [0.25, 0.3) is 0 Å². The highest BCUT2D eigenvalue weighted by Gasteiger charge is 2.32. The predicted octanol–water partition coefficient (Wildman–Crippen LogP) is 10.9. The zero-order chi connectivity index (χ0) is 51.2. The summed E-state index contributed by atoms with van der Waals surface area (Å²) in [6, 6.07) is 13.8. The maximum absolute atomic E-state index is 14.9. The summed E-state index contributed by atoms with van der Waals surface area (Å²) in [7, 11) is 0. The zero-order valence-electron chi connectivity index (χ0n) is 41.8. The zero-order valence-corrected chi connectivity index (χ0v) is 42.6. The largest absolute Gasteiger partial charge is 0.514 e. The van der Waals surface area contributed by atoms with E-state index in [9.17, 15) is 28.8 Å². The molecule has 0 saturated heterocycles. The van der Waals surface area contributed by atoms with Crippen molar-refractivity contribution in [3.05, 3.63) is 104 Å². The van der Waals surface area contributed by atoms with E-state index >= 15 is 0 Å². The molecule has 0 aliphatic carbocycles. The summed E-state index contributed by atoms with van der Waals surface area (Å²) in [5.74, 6) is -0.637. The highest BCUT2D eigenvalue weighted by Crippen LogP contribution is 2.36. The molecule has 0 fully saturated rings. The van der Waals surface area contributed by atoms with Gasteiger partial charge in [-0.3, -0.25) is 9.59 Å². The molecule has 2 N–H and O–H groups in total. The van der Waals surface area contributed by atoms with Crippen LogP contribution in [0.2, 0.25) is 0 Å². The molecule has 5 aromatic rings. The SMILES string of the molecule is CCc1cc2c(=O)c(-c3nc(C)cs3)c([C@@H](Cc3ccc(OC(=O)C(C)(C)C)cc3)NC(=O)OC(C)(C)C)oc2cc1OC(=O)[C@@H](Cc1ccc(OC(=O)OC(C)(C)C)cc1)NC(=O)OC(C)(C)C. The van der Waals surface area contributed by atoms with Gasteiger partial charge in [0, 0.05) is 30.0 Å². The number of carbonyl (C=O) groups is 5. The molecule has 2 amide bonds. The lowest BCUT2D eigenvalue weighted by Crippen LogP contribution is -2.46. The number of alkyl carbamates (subject to hydrolysis) is 2. The van der Waals surface area contributed by atoms with Crippen LogP contribution in [0, 0.1) is 12.3 Å². The van der Waals surface area contributed by atoms with Gasteiger partial charge in [0.15, 0.2) is 0 Å². The number of hydrogen-bond acceptors (Lipinski definition) is 15. The first-order valence-electron chi connectivity index (χ1n) is 22.5. The van der Waals surface area contributed by atoms with E-state index < -0.39 is 70.0 Å². The molecule has 17 heteroatoms. The van der Waals surface area contributed by atoms with Crippen molar-refractivity contribution in [2.24, 2.45) is 5.41 Å². The minimum atomic E-state index is -1.29. The Balaban J connectivity index is 1.58. The van der Waals surface area contributed by atoms with E-state index in [2.05, 4.69) is 15.6 Å². The van der Waals surface area contributed by atoms with Crippen molar-refractivity contribution in [2.75, 3.05) is 0 Å². The minimum absolute atomic E-state index is 0.0321. The molecular formula is C52H63N3O13S. The van der Waals surface area contributed by atoms with Gasteiger partial charge in [-0.1, -0.05) is 31.2 Å². The lowest BCUT2D eigenvalue weighted by Gasteiger charge is -2.25. The number of fused-ring (bicyclic) bond motifs is 1. The van der Waals surface area contributed by atoms with Crippen molar-refractivity contribution in [3.8, 4) is 27.8 Å². The van der Waals surface area contributed by atoms with E-state index in [1.54, 1.807) is 138 Å². The lowest BCUT2D eigenvalue weighted by molar-refractivity contribution is -0.143. The second-order valence-electron chi connectivity index (χ2n) is 20.5. The fourth-order valence-corrected chi connectivity index (χ4v) is 7.38. The number of hydrogen-bond donors (Lipinski definition) is 2. The van der Waals surface area contributed by atoms with Crippen LogP contribution in [0.5, 0.6) is 17.2 Å². The average molecular weight is 970 g/mol. The smallest absolute Gasteiger partial charge is 0.458 e. The molecule has 16 nitrogen and oxygen atoms in total. The maximum atomic E-state index is 14.9. The van der Waals surface area contributed by atoms with Crippen LogP contribution in [-0.2, 0) is 43.1 Å². The Hall–Kier alpha value is -6.75. The molecule has 0 saturated carbocycles. The summed E-state index contributed by atoms with van der Waals surface area (Å²) in [5.41, 5.74) is -1.17. The molecule has 0 unspecified atom stereocenters. The summed E-state index contributed by atoms with van der Waals surface area (Å²) in [6.07, 6.45) is -2.19. The first kappa shape index (κ1) is 53.2. The van der Waals surface area contributed by atoms with Crippen LogP contribution in [0.25, 0.3) is 21.5 Å². The summed E-state index contributed by atoms with van der Waals surface area (Å²) < 4.78 is 40.0. The minimum Gasteiger partial charge on any atom is -0.458 e. The van der Waals surface area contributed by atoms with Crippen LogP contribution >= 0.6 is 11.3 Å². The van der Waals surface area contributed by atoms with Crippen LogP contribution in [0.1, 0.15) is 124 Å². The predicted molar refractivity (Wildman–Crippen MR) is 261 cm³/mol. The molecule has 0 spiro atoms. The summed E-state index contributed by atoms with van der Waals surface area (Å²) in [5, 5.41) is 7.85. The van der Waals surface area contributed by atoms with Gasteiger partial charge in [-0.2, -0.15) is 0 Å². The van der Waals surface area contributed by atoms with Gasteiger partial charge in [-0.15, -0.1) is 11.3 Å². The van der Waals surface area contributed by atoms with Gasteiger partial charge >= 0.3 is 30.3 Å². The van der Waals surface area contributed by atoms with Crippen molar-refractivity contribution in [3.63, 3.8) is 0 Å². The molecule has 0 aliphatic heterocycles. The Morgan fingerprint density at radius 1 is 0.696 bits per heavy atom. The van der Waals surface area contributed by atoms with E-state index in [-0.39, 0.29) is 46.6 Å². The third-order valence-corrected chi connectivity index (χ3v) is 10.6. The van der Waals surface area contributed by atoms with Gasteiger partial charge < -0.3 is 43.5 Å². The van der Waals surface area contributed by atoms with E-state index in [4.69, 9.17) is 32.8 Å². The van der Waals surface area contributed by atoms with Crippen molar-refractivity contribution >= 4 is 52.6 Å². The number of benzene rings is 3. The summed E-state index contributed by atoms with van der Waals surface area (Å²) >= 11 is 1.23. The molecule has 5 rings (SSSR count). The quantitative estimate of drug-likeness (QED) is 0.0487. The molecule has 0 radical (unpaired) electrons. The van der Waals surface area contributed by atoms with Crippen molar-refractivity contribution in [1.82, 2.24) is 15.6 Å². The lowest BCUT2D eigenvalue weighted by atomic mass is 9.97. The second kappa shape index (κ2) is 21.3. The standard InChI is InChI=1S/C52H63N3O13S/c1-15-32-26-35-39(27-38(32)65-44(57)37(55-47(60)67-51(9,10)11)25-31-18-22-34(23-19-31)63-48(61)68-52(12,13)14)64-42(40(41(35)56)43-53-29(2)28-69-43)36(54-46(59)66-50(6,7)8)24-30-16-20-33(21-17-30)62-45(58)49(3,4)5/h16-23,26-28,36-37H,15,24-25H2,1-14H3,(H,54,59)(H,55,60)/t36-,37-/m1/s1. The number of aromatic nitrogens is 1. The van der Waals surface area contributed by atoms with Crippen molar-refractivity contribution in [2.45, 2.75) is 145 Å². The molecule has 370 valence electrons. The molecule has 2 atom stereocenters. The molecular weight excluding hydrogens is 907 g/mol.